The molecule has 2 N–H and O–H groups in total. The molecular weight excluding hydrogens is 445 g/mol. The smallest absolute Gasteiger partial charge is 0.465 e. The Balaban J connectivity index is 1.54. The highest BCUT2D eigenvalue weighted by Gasteiger charge is 2.36. The van der Waals surface area contributed by atoms with E-state index in [1.807, 2.05) is 13.0 Å². The average molecular weight is 477 g/mol. The molecule has 1 aromatic heterocycles. The van der Waals surface area contributed by atoms with E-state index >= 15 is 0 Å². The van der Waals surface area contributed by atoms with Crippen LogP contribution in [0.2, 0.25) is 0 Å². The zero-order valence-corrected chi connectivity index (χ0v) is 20.8. The van der Waals surface area contributed by atoms with Crippen LogP contribution < -0.4 is 16.1 Å². The van der Waals surface area contributed by atoms with E-state index in [2.05, 4.69) is 40.5 Å². The second-order valence-electron chi connectivity index (χ2n) is 10.0. The third-order valence-electron chi connectivity index (χ3n) is 6.45. The molecule has 2 atom stereocenters. The molecule has 1 aliphatic heterocycles. The summed E-state index contributed by atoms with van der Waals surface area (Å²) in [7, 11) is 0.708. The van der Waals surface area contributed by atoms with Gasteiger partial charge in [-0.2, -0.15) is 10.2 Å². The van der Waals surface area contributed by atoms with Crippen molar-refractivity contribution >= 4 is 36.0 Å². The van der Waals surface area contributed by atoms with Gasteiger partial charge in [0.15, 0.2) is 0 Å². The second kappa shape index (κ2) is 10.6. The lowest BCUT2D eigenvalue weighted by molar-refractivity contribution is 0.0340. The summed E-state index contributed by atoms with van der Waals surface area (Å²) >= 11 is 0. The molecule has 0 spiro atoms. The number of carbonyl (C=O) groups excluding carboxylic acids is 1. The summed E-state index contributed by atoms with van der Waals surface area (Å²) < 4.78 is 16.8. The zero-order chi connectivity index (χ0) is 25.0. The van der Waals surface area contributed by atoms with Gasteiger partial charge < -0.3 is 24.7 Å². The standard InChI is InChI=1S/C25H32BN5O4/c1-16-13-28-24(31-22(16)30-21-8-6-5-7-17(21)12-27)29-18-9-10-20(19(11-18)23(32)33-4)26-34-14-25(2,3)15-35-26/h9-11,13,17,21H,5-8,14-15H2,1-4H3,(H2,28,29,30,31)/t17-,21+/m0/s1. The number of aromatic nitrogens is 2. The Kier molecular flexibility index (Phi) is 7.58. The van der Waals surface area contributed by atoms with E-state index in [1.54, 1.807) is 18.3 Å². The van der Waals surface area contributed by atoms with Crippen molar-refractivity contribution in [3.05, 3.63) is 35.5 Å². The minimum absolute atomic E-state index is 0.0283. The quantitative estimate of drug-likeness (QED) is 0.475. The Bertz CT molecular complexity index is 1110. The molecule has 2 heterocycles. The highest BCUT2D eigenvalue weighted by Crippen LogP contribution is 2.28. The fourth-order valence-corrected chi connectivity index (χ4v) is 4.41. The first kappa shape index (κ1) is 25.0. The molecule has 184 valence electrons. The van der Waals surface area contributed by atoms with Crippen LogP contribution in [0.4, 0.5) is 17.5 Å². The number of hydrogen-bond acceptors (Lipinski definition) is 9. The second-order valence-corrected chi connectivity index (χ2v) is 10.0. The maximum Gasteiger partial charge on any atom is 0.494 e. The predicted octanol–water partition coefficient (Wildman–Crippen LogP) is 3.58. The minimum atomic E-state index is -0.638. The molecule has 1 saturated heterocycles. The molecule has 35 heavy (non-hydrogen) atoms. The molecule has 0 bridgehead atoms. The van der Waals surface area contributed by atoms with Crippen molar-refractivity contribution in [1.82, 2.24) is 9.97 Å². The molecule has 0 amide bonds. The Hall–Kier alpha value is -3.16. The molecule has 10 heteroatoms. The van der Waals surface area contributed by atoms with Crippen LogP contribution >= 0.6 is 0 Å². The number of benzene rings is 1. The number of aryl methyl sites for hydroxylation is 1. The van der Waals surface area contributed by atoms with Crippen LogP contribution in [0.1, 0.15) is 55.5 Å². The average Bonchev–Trinajstić information content (AvgIpc) is 2.86. The van der Waals surface area contributed by atoms with Crippen molar-refractivity contribution in [2.24, 2.45) is 11.3 Å². The van der Waals surface area contributed by atoms with Gasteiger partial charge in [0, 0.05) is 42.1 Å². The van der Waals surface area contributed by atoms with Gasteiger partial charge in [-0.1, -0.05) is 32.8 Å². The van der Waals surface area contributed by atoms with E-state index in [1.165, 1.54) is 7.11 Å². The van der Waals surface area contributed by atoms with Crippen LogP contribution in [0, 0.1) is 29.6 Å². The maximum absolute atomic E-state index is 12.6. The topological polar surface area (TPSA) is 118 Å². The number of nitriles is 1. The Morgan fingerprint density at radius 3 is 2.71 bits per heavy atom. The first-order valence-corrected chi connectivity index (χ1v) is 12.0. The summed E-state index contributed by atoms with van der Waals surface area (Å²) in [5, 5.41) is 16.1. The Morgan fingerprint density at radius 1 is 1.26 bits per heavy atom. The third kappa shape index (κ3) is 5.92. The number of hydrogen-bond donors (Lipinski definition) is 2. The molecule has 0 unspecified atom stereocenters. The fourth-order valence-electron chi connectivity index (χ4n) is 4.41. The maximum atomic E-state index is 12.6. The van der Waals surface area contributed by atoms with Crippen LogP contribution in [0.25, 0.3) is 0 Å². The third-order valence-corrected chi connectivity index (χ3v) is 6.45. The molecule has 4 rings (SSSR count). The first-order valence-electron chi connectivity index (χ1n) is 12.0. The Morgan fingerprint density at radius 2 is 2.00 bits per heavy atom. The molecule has 2 fully saturated rings. The van der Waals surface area contributed by atoms with Crippen LogP contribution in [0.15, 0.2) is 24.4 Å². The van der Waals surface area contributed by atoms with Gasteiger partial charge in [0.05, 0.1) is 24.7 Å². The molecule has 0 radical (unpaired) electrons. The highest BCUT2D eigenvalue weighted by molar-refractivity contribution is 6.63. The lowest BCUT2D eigenvalue weighted by atomic mass is 9.73. The van der Waals surface area contributed by atoms with Crippen molar-refractivity contribution in [1.29, 1.82) is 5.26 Å². The summed E-state index contributed by atoms with van der Waals surface area (Å²) in [4.78, 5) is 21.6. The summed E-state index contributed by atoms with van der Waals surface area (Å²) in [6.45, 7) is 7.12. The SMILES string of the molecule is COC(=O)c1cc(Nc2ncc(C)c(N[C@@H]3CCCC[C@H]3C#N)n2)ccc1B1OCC(C)(C)CO1. The fraction of sp³-hybridized carbons (Fsp3) is 0.520. The summed E-state index contributed by atoms with van der Waals surface area (Å²) in [5.74, 6) is 0.580. The number of rotatable bonds is 6. The van der Waals surface area contributed by atoms with Gasteiger partial charge >= 0.3 is 13.1 Å². The van der Waals surface area contributed by atoms with Crippen molar-refractivity contribution in [2.75, 3.05) is 31.0 Å². The lowest BCUT2D eigenvalue weighted by Crippen LogP contribution is -2.49. The normalized spacial score (nSPS) is 21.6. The van der Waals surface area contributed by atoms with E-state index in [4.69, 9.17) is 14.0 Å². The van der Waals surface area contributed by atoms with Crippen LogP contribution in [0.3, 0.4) is 0 Å². The summed E-state index contributed by atoms with van der Waals surface area (Å²) in [6.07, 6.45) is 5.76. The van der Waals surface area contributed by atoms with E-state index in [0.717, 1.165) is 31.2 Å². The van der Waals surface area contributed by atoms with Gasteiger partial charge in [-0.3, -0.25) is 0 Å². The van der Waals surface area contributed by atoms with E-state index in [0.29, 0.717) is 41.7 Å². The highest BCUT2D eigenvalue weighted by atomic mass is 16.6. The number of nitrogens with one attached hydrogen (secondary N) is 2. The minimum Gasteiger partial charge on any atom is -0.465 e. The first-order chi connectivity index (χ1) is 16.8. The molecule has 2 aliphatic rings. The van der Waals surface area contributed by atoms with Gasteiger partial charge in [-0.05, 0) is 37.4 Å². The number of esters is 1. The van der Waals surface area contributed by atoms with Gasteiger partial charge in [0.25, 0.3) is 0 Å². The van der Waals surface area contributed by atoms with Crippen LogP contribution in [-0.2, 0) is 14.0 Å². The van der Waals surface area contributed by atoms with Crippen molar-refractivity contribution in [3.63, 3.8) is 0 Å². The molecule has 2 aromatic rings. The van der Waals surface area contributed by atoms with E-state index in [9.17, 15) is 10.1 Å². The zero-order valence-electron chi connectivity index (χ0n) is 20.8. The van der Waals surface area contributed by atoms with Gasteiger partial charge in [-0.25, -0.2) is 9.78 Å². The van der Waals surface area contributed by atoms with Crippen LogP contribution in [-0.4, -0.2) is 49.4 Å². The molecule has 1 aromatic carbocycles. The molecular formula is C25H32BN5O4. The Labute approximate surface area is 206 Å². The predicted molar refractivity (Wildman–Crippen MR) is 134 cm³/mol. The summed E-state index contributed by atoms with van der Waals surface area (Å²) in [6, 6.07) is 7.81. The van der Waals surface area contributed by atoms with Gasteiger partial charge in [0.2, 0.25) is 5.95 Å². The van der Waals surface area contributed by atoms with Crippen molar-refractivity contribution < 1.29 is 18.8 Å². The molecule has 1 saturated carbocycles. The lowest BCUT2D eigenvalue weighted by Gasteiger charge is -2.33. The van der Waals surface area contributed by atoms with Crippen molar-refractivity contribution in [3.8, 4) is 6.07 Å². The van der Waals surface area contributed by atoms with E-state index < -0.39 is 13.1 Å². The van der Waals surface area contributed by atoms with E-state index in [-0.39, 0.29) is 17.4 Å². The molecule has 9 nitrogen and oxygen atoms in total. The number of methoxy groups -OCH3 is 1. The number of anilines is 3. The van der Waals surface area contributed by atoms with Gasteiger partial charge in [-0.15, -0.1) is 0 Å². The van der Waals surface area contributed by atoms with Crippen LogP contribution in [0.5, 0.6) is 0 Å². The summed E-state index contributed by atoms with van der Waals surface area (Å²) in [5.41, 5.74) is 2.42. The number of carbonyl (C=O) groups is 1. The van der Waals surface area contributed by atoms with Crippen molar-refractivity contribution in [2.45, 2.75) is 52.5 Å². The van der Waals surface area contributed by atoms with Gasteiger partial charge in [0.1, 0.15) is 5.82 Å². The molecule has 1 aliphatic carbocycles. The largest absolute Gasteiger partial charge is 0.494 e. The monoisotopic (exact) mass is 477 g/mol. The number of ether oxygens (including phenoxy) is 1. The number of nitrogens with zero attached hydrogens (tertiary/aromatic N) is 3.